The molecule has 1 heterocycles. The zero-order valence-corrected chi connectivity index (χ0v) is 14.5. The van der Waals surface area contributed by atoms with Gasteiger partial charge in [0.2, 0.25) is 5.91 Å². The molecule has 1 aromatic rings. The number of carbonyl (C=O) groups is 1. The first-order chi connectivity index (χ1) is 10.3. The van der Waals surface area contributed by atoms with Gasteiger partial charge in [-0.3, -0.25) is 4.79 Å². The second-order valence-electron chi connectivity index (χ2n) is 5.22. The molecule has 1 aliphatic heterocycles. The van der Waals surface area contributed by atoms with Gasteiger partial charge in [-0.2, -0.15) is 0 Å². The maximum atomic E-state index is 12.3. The monoisotopic (exact) mass is 364 g/mol. The average Bonchev–Trinajstić information content (AvgIpc) is 2.81. The van der Waals surface area contributed by atoms with Crippen LogP contribution in [-0.4, -0.2) is 49.9 Å². The zero-order chi connectivity index (χ0) is 16.3. The molecule has 0 radical (unpaired) electrons. The number of anilines is 1. The molecule has 0 aliphatic carbocycles. The standard InChI is InChI=1S/C14H18Cl2N2O3S/c1-2-18(11-5-6-22(20,21)9-11)14(19)8-17-10-3-4-12(15)13(16)7-10/h3-4,7,11,17H,2,5-6,8-9H2,1H3. The molecule has 8 heteroatoms. The molecule has 5 nitrogen and oxygen atoms in total. The number of nitrogens with one attached hydrogen (secondary N) is 1. The summed E-state index contributed by atoms with van der Waals surface area (Å²) >= 11 is 11.8. The highest BCUT2D eigenvalue weighted by atomic mass is 35.5. The summed E-state index contributed by atoms with van der Waals surface area (Å²) in [6.07, 6.45) is 0.509. The van der Waals surface area contributed by atoms with Crippen LogP contribution in [0.4, 0.5) is 5.69 Å². The lowest BCUT2D eigenvalue weighted by Gasteiger charge is -2.27. The number of hydrogen-bond acceptors (Lipinski definition) is 4. The number of amides is 1. The Morgan fingerprint density at radius 1 is 1.36 bits per heavy atom. The van der Waals surface area contributed by atoms with Crippen LogP contribution in [0.25, 0.3) is 0 Å². The molecule has 1 aliphatic rings. The number of nitrogens with zero attached hydrogens (tertiary/aromatic N) is 1. The van der Waals surface area contributed by atoms with Gasteiger partial charge in [-0.15, -0.1) is 0 Å². The molecule has 0 saturated carbocycles. The molecule has 1 fully saturated rings. The summed E-state index contributed by atoms with van der Waals surface area (Å²) in [5.41, 5.74) is 0.692. The highest BCUT2D eigenvalue weighted by molar-refractivity contribution is 7.91. The molecule has 0 bridgehead atoms. The van der Waals surface area contributed by atoms with E-state index in [-0.39, 0.29) is 30.0 Å². The molecule has 1 unspecified atom stereocenters. The molecule has 0 aromatic heterocycles. The van der Waals surface area contributed by atoms with Gasteiger partial charge < -0.3 is 10.2 Å². The number of sulfone groups is 1. The quantitative estimate of drug-likeness (QED) is 0.871. The van der Waals surface area contributed by atoms with Crippen molar-refractivity contribution in [2.45, 2.75) is 19.4 Å². The zero-order valence-electron chi connectivity index (χ0n) is 12.2. The first kappa shape index (κ1) is 17.4. The van der Waals surface area contributed by atoms with Crippen molar-refractivity contribution in [1.29, 1.82) is 0 Å². The van der Waals surface area contributed by atoms with Gasteiger partial charge in [-0.1, -0.05) is 23.2 Å². The van der Waals surface area contributed by atoms with E-state index in [0.717, 1.165) is 0 Å². The minimum atomic E-state index is -3.01. The van der Waals surface area contributed by atoms with Gasteiger partial charge in [0.1, 0.15) is 0 Å². The van der Waals surface area contributed by atoms with Gasteiger partial charge in [-0.05, 0) is 31.5 Å². The Kier molecular flexibility index (Phi) is 5.58. The Hall–Kier alpha value is -0.980. The van der Waals surface area contributed by atoms with Crippen molar-refractivity contribution in [3.05, 3.63) is 28.2 Å². The Balaban J connectivity index is 1.96. The second-order valence-corrected chi connectivity index (χ2v) is 8.26. The Labute approximate surface area is 140 Å². The van der Waals surface area contributed by atoms with E-state index in [1.165, 1.54) is 0 Å². The molecular weight excluding hydrogens is 347 g/mol. The van der Waals surface area contributed by atoms with Gasteiger partial charge in [-0.25, -0.2) is 8.42 Å². The number of rotatable bonds is 5. The van der Waals surface area contributed by atoms with E-state index in [2.05, 4.69) is 5.32 Å². The van der Waals surface area contributed by atoms with E-state index in [1.807, 2.05) is 6.92 Å². The summed E-state index contributed by atoms with van der Waals surface area (Å²) in [6.45, 7) is 2.42. The third-order valence-electron chi connectivity index (χ3n) is 3.67. The summed E-state index contributed by atoms with van der Waals surface area (Å²) in [5.74, 6) is 0.0803. The fourth-order valence-electron chi connectivity index (χ4n) is 2.54. The first-order valence-electron chi connectivity index (χ1n) is 7.01. The molecule has 0 spiro atoms. The maximum Gasteiger partial charge on any atom is 0.242 e. The highest BCUT2D eigenvalue weighted by Crippen LogP contribution is 2.25. The van der Waals surface area contributed by atoms with Crippen LogP contribution in [0.2, 0.25) is 10.0 Å². The number of carbonyl (C=O) groups excluding carboxylic acids is 1. The summed E-state index contributed by atoms with van der Waals surface area (Å²) in [6, 6.07) is 4.81. The third-order valence-corrected chi connectivity index (χ3v) is 6.16. The minimum absolute atomic E-state index is 0.0549. The maximum absolute atomic E-state index is 12.3. The van der Waals surface area contributed by atoms with Crippen LogP contribution in [0, 0.1) is 0 Å². The van der Waals surface area contributed by atoms with Crippen molar-refractivity contribution < 1.29 is 13.2 Å². The number of benzene rings is 1. The lowest BCUT2D eigenvalue weighted by atomic mass is 10.2. The van der Waals surface area contributed by atoms with Gasteiger partial charge >= 0.3 is 0 Å². The number of halogens is 2. The fourth-order valence-corrected chi connectivity index (χ4v) is 4.57. The lowest BCUT2D eigenvalue weighted by molar-refractivity contribution is -0.130. The van der Waals surface area contributed by atoms with Crippen LogP contribution in [0.3, 0.4) is 0 Å². The summed E-state index contributed by atoms with van der Waals surface area (Å²) < 4.78 is 23.1. The fraction of sp³-hybridized carbons (Fsp3) is 0.500. The SMILES string of the molecule is CCN(C(=O)CNc1ccc(Cl)c(Cl)c1)C1CCS(=O)(=O)C1. The van der Waals surface area contributed by atoms with Crippen molar-refractivity contribution >= 4 is 44.6 Å². The van der Waals surface area contributed by atoms with Crippen LogP contribution >= 0.6 is 23.2 Å². The van der Waals surface area contributed by atoms with E-state index in [1.54, 1.807) is 23.1 Å². The van der Waals surface area contributed by atoms with Crippen molar-refractivity contribution in [1.82, 2.24) is 4.90 Å². The van der Waals surface area contributed by atoms with E-state index in [0.29, 0.717) is 28.7 Å². The normalized spacial score (nSPS) is 19.9. The largest absolute Gasteiger partial charge is 0.376 e. The van der Waals surface area contributed by atoms with Crippen molar-refractivity contribution in [2.24, 2.45) is 0 Å². The van der Waals surface area contributed by atoms with E-state index in [9.17, 15) is 13.2 Å². The van der Waals surface area contributed by atoms with Crippen LogP contribution < -0.4 is 5.32 Å². The van der Waals surface area contributed by atoms with Gasteiger partial charge in [0.25, 0.3) is 0 Å². The Bertz CT molecular complexity index is 664. The molecule has 1 N–H and O–H groups in total. The summed E-state index contributed by atoms with van der Waals surface area (Å²) in [5, 5.41) is 3.85. The van der Waals surface area contributed by atoms with Crippen molar-refractivity contribution in [3.63, 3.8) is 0 Å². The van der Waals surface area contributed by atoms with Crippen LogP contribution in [-0.2, 0) is 14.6 Å². The Morgan fingerprint density at radius 3 is 2.64 bits per heavy atom. The van der Waals surface area contributed by atoms with Gasteiger partial charge in [0.15, 0.2) is 9.84 Å². The predicted molar refractivity (Wildman–Crippen MR) is 89.4 cm³/mol. The predicted octanol–water partition coefficient (Wildman–Crippen LogP) is 2.44. The average molecular weight is 365 g/mol. The minimum Gasteiger partial charge on any atom is -0.376 e. The number of likely N-dealkylation sites (N-methyl/N-ethyl adjacent to an activating group) is 1. The summed E-state index contributed by atoms with van der Waals surface area (Å²) in [7, 11) is -3.01. The molecule has 1 amide bonds. The lowest BCUT2D eigenvalue weighted by Crippen LogP contribution is -2.43. The molecule has 1 atom stereocenters. The van der Waals surface area contributed by atoms with E-state index < -0.39 is 9.84 Å². The highest BCUT2D eigenvalue weighted by Gasteiger charge is 2.33. The topological polar surface area (TPSA) is 66.5 Å². The Morgan fingerprint density at radius 2 is 2.09 bits per heavy atom. The number of hydrogen-bond donors (Lipinski definition) is 1. The molecule has 1 aromatic carbocycles. The second kappa shape index (κ2) is 7.06. The third kappa shape index (κ3) is 4.27. The smallest absolute Gasteiger partial charge is 0.242 e. The molecular formula is C14H18Cl2N2O3S. The van der Waals surface area contributed by atoms with E-state index >= 15 is 0 Å². The van der Waals surface area contributed by atoms with Crippen LogP contribution in [0.1, 0.15) is 13.3 Å². The van der Waals surface area contributed by atoms with Crippen molar-refractivity contribution in [3.8, 4) is 0 Å². The molecule has 122 valence electrons. The van der Waals surface area contributed by atoms with Crippen molar-refractivity contribution in [2.75, 3.05) is 29.9 Å². The molecule has 22 heavy (non-hydrogen) atoms. The molecule has 1 saturated heterocycles. The van der Waals surface area contributed by atoms with Crippen LogP contribution in [0.5, 0.6) is 0 Å². The van der Waals surface area contributed by atoms with Gasteiger partial charge in [0, 0.05) is 18.3 Å². The van der Waals surface area contributed by atoms with Crippen LogP contribution in [0.15, 0.2) is 18.2 Å². The van der Waals surface area contributed by atoms with Gasteiger partial charge in [0.05, 0.1) is 28.1 Å². The summed E-state index contributed by atoms with van der Waals surface area (Å²) in [4.78, 5) is 13.9. The molecule has 2 rings (SSSR count). The van der Waals surface area contributed by atoms with E-state index in [4.69, 9.17) is 23.2 Å². The first-order valence-corrected chi connectivity index (χ1v) is 9.59.